The van der Waals surface area contributed by atoms with E-state index in [2.05, 4.69) is 41.5 Å². The van der Waals surface area contributed by atoms with Gasteiger partial charge in [0.15, 0.2) is 0 Å². The summed E-state index contributed by atoms with van der Waals surface area (Å²) in [4.78, 5) is 0. The zero-order chi connectivity index (χ0) is 12.8. The van der Waals surface area contributed by atoms with Gasteiger partial charge in [0.1, 0.15) is 0 Å². The fraction of sp³-hybridized carbons (Fsp3) is 0.750. The summed E-state index contributed by atoms with van der Waals surface area (Å²) in [5, 5.41) is 0. The normalized spacial score (nSPS) is 25.8. The summed E-state index contributed by atoms with van der Waals surface area (Å²) < 4.78 is 5.45. The molecule has 0 fully saturated rings. The van der Waals surface area contributed by atoms with Crippen LogP contribution in [0.5, 0.6) is 0 Å². The van der Waals surface area contributed by atoms with Crippen LogP contribution < -0.4 is 0 Å². The molecule has 1 aromatic heterocycles. The van der Waals surface area contributed by atoms with Gasteiger partial charge in [-0.15, -0.1) is 0 Å². The molecule has 0 bridgehead atoms. The van der Waals surface area contributed by atoms with Crippen LogP contribution in [-0.2, 0) is 6.42 Å². The topological polar surface area (TPSA) is 13.1 Å². The summed E-state index contributed by atoms with van der Waals surface area (Å²) in [7, 11) is 0. The van der Waals surface area contributed by atoms with Crippen molar-refractivity contribution in [2.45, 2.75) is 60.3 Å². The SMILES string of the molecule is CC(C)(C)C1CCc2cocc2C1C(C)(C)C. The molecule has 0 radical (unpaired) electrons. The lowest BCUT2D eigenvalue weighted by Crippen LogP contribution is -2.37. The Morgan fingerprint density at radius 3 is 2.18 bits per heavy atom. The van der Waals surface area contributed by atoms with Gasteiger partial charge in [0.05, 0.1) is 12.5 Å². The third-order valence-electron chi connectivity index (χ3n) is 4.28. The fourth-order valence-corrected chi connectivity index (χ4v) is 3.51. The van der Waals surface area contributed by atoms with E-state index >= 15 is 0 Å². The van der Waals surface area contributed by atoms with Crippen LogP contribution in [0.3, 0.4) is 0 Å². The minimum Gasteiger partial charge on any atom is -0.472 e. The Hall–Kier alpha value is -0.720. The van der Waals surface area contributed by atoms with Crippen LogP contribution in [0, 0.1) is 16.7 Å². The molecule has 1 aliphatic carbocycles. The molecule has 2 unspecified atom stereocenters. The number of aryl methyl sites for hydroxylation is 1. The third kappa shape index (κ3) is 2.29. The molecule has 1 aromatic rings. The van der Waals surface area contributed by atoms with Crippen molar-refractivity contribution in [3.8, 4) is 0 Å². The van der Waals surface area contributed by atoms with Crippen LogP contribution in [-0.4, -0.2) is 0 Å². The molecular formula is C16H26O. The average Bonchev–Trinajstić information content (AvgIpc) is 2.59. The maximum atomic E-state index is 5.45. The van der Waals surface area contributed by atoms with Crippen molar-refractivity contribution >= 4 is 0 Å². The van der Waals surface area contributed by atoms with Crippen molar-refractivity contribution < 1.29 is 4.42 Å². The predicted molar refractivity (Wildman–Crippen MR) is 72.2 cm³/mol. The van der Waals surface area contributed by atoms with Gasteiger partial charge in [-0.1, -0.05) is 41.5 Å². The van der Waals surface area contributed by atoms with Gasteiger partial charge in [-0.05, 0) is 46.6 Å². The van der Waals surface area contributed by atoms with E-state index in [-0.39, 0.29) is 0 Å². The molecule has 0 aromatic carbocycles. The minimum atomic E-state index is 0.303. The van der Waals surface area contributed by atoms with Crippen molar-refractivity contribution in [2.75, 3.05) is 0 Å². The monoisotopic (exact) mass is 234 g/mol. The van der Waals surface area contributed by atoms with E-state index in [0.29, 0.717) is 16.7 Å². The summed E-state index contributed by atoms with van der Waals surface area (Å²) in [6.07, 6.45) is 6.41. The summed E-state index contributed by atoms with van der Waals surface area (Å²) in [6.45, 7) is 14.2. The molecular weight excluding hydrogens is 208 g/mol. The van der Waals surface area contributed by atoms with Crippen LogP contribution in [0.25, 0.3) is 0 Å². The average molecular weight is 234 g/mol. The summed E-state index contributed by atoms with van der Waals surface area (Å²) in [6, 6.07) is 0. The van der Waals surface area contributed by atoms with Gasteiger partial charge < -0.3 is 4.42 Å². The first-order chi connectivity index (χ1) is 7.71. The number of fused-ring (bicyclic) bond motifs is 1. The van der Waals surface area contributed by atoms with Gasteiger partial charge in [0.25, 0.3) is 0 Å². The Bertz CT molecular complexity index is 386. The molecule has 0 aliphatic heterocycles. The standard InChI is InChI=1S/C16H26O/c1-15(2,3)13-8-7-11-9-17-10-12(11)14(13)16(4,5)6/h9-10,13-14H,7-8H2,1-6H3. The Morgan fingerprint density at radius 1 is 1.00 bits per heavy atom. The lowest BCUT2D eigenvalue weighted by molar-refractivity contribution is 0.109. The van der Waals surface area contributed by atoms with Crippen molar-refractivity contribution in [1.29, 1.82) is 0 Å². The highest BCUT2D eigenvalue weighted by Crippen LogP contribution is 2.53. The quantitative estimate of drug-likeness (QED) is 0.614. The first-order valence-electron chi connectivity index (χ1n) is 6.76. The first-order valence-corrected chi connectivity index (χ1v) is 6.76. The Labute approximate surface area is 106 Å². The summed E-state index contributed by atoms with van der Waals surface area (Å²) >= 11 is 0. The van der Waals surface area contributed by atoms with Crippen LogP contribution in [0.4, 0.5) is 0 Å². The second-order valence-electron chi connectivity index (χ2n) is 7.71. The largest absolute Gasteiger partial charge is 0.472 e. The lowest BCUT2D eigenvalue weighted by Gasteiger charge is -2.46. The molecule has 1 nitrogen and oxygen atoms in total. The van der Waals surface area contributed by atoms with Gasteiger partial charge >= 0.3 is 0 Å². The maximum absolute atomic E-state index is 5.45. The number of furan rings is 1. The van der Waals surface area contributed by atoms with Crippen LogP contribution >= 0.6 is 0 Å². The number of hydrogen-bond acceptors (Lipinski definition) is 1. The fourth-order valence-electron chi connectivity index (χ4n) is 3.51. The third-order valence-corrected chi connectivity index (χ3v) is 4.28. The number of rotatable bonds is 0. The zero-order valence-electron chi connectivity index (χ0n) is 12.1. The van der Waals surface area contributed by atoms with Crippen LogP contribution in [0.15, 0.2) is 16.9 Å². The van der Waals surface area contributed by atoms with Gasteiger partial charge in [-0.25, -0.2) is 0 Å². The Morgan fingerprint density at radius 2 is 1.65 bits per heavy atom. The van der Waals surface area contributed by atoms with Crippen molar-refractivity contribution in [2.24, 2.45) is 16.7 Å². The van der Waals surface area contributed by atoms with Gasteiger partial charge in [0, 0.05) is 0 Å². The molecule has 1 heteroatoms. The van der Waals surface area contributed by atoms with Gasteiger partial charge in [-0.2, -0.15) is 0 Å². The van der Waals surface area contributed by atoms with Gasteiger partial charge in [-0.3, -0.25) is 0 Å². The number of hydrogen-bond donors (Lipinski definition) is 0. The second-order valence-corrected chi connectivity index (χ2v) is 7.71. The Balaban J connectivity index is 2.46. The van der Waals surface area contributed by atoms with E-state index in [1.54, 1.807) is 0 Å². The molecule has 1 aliphatic rings. The van der Waals surface area contributed by atoms with Crippen molar-refractivity contribution in [3.05, 3.63) is 23.7 Å². The lowest BCUT2D eigenvalue weighted by atomic mass is 9.58. The summed E-state index contributed by atoms with van der Waals surface area (Å²) in [5.41, 5.74) is 3.57. The van der Waals surface area contributed by atoms with E-state index in [4.69, 9.17) is 4.42 Å². The van der Waals surface area contributed by atoms with Crippen LogP contribution in [0.1, 0.15) is 65.0 Å². The zero-order valence-corrected chi connectivity index (χ0v) is 12.1. The minimum absolute atomic E-state index is 0.303. The highest BCUT2D eigenvalue weighted by atomic mass is 16.3. The van der Waals surface area contributed by atoms with Crippen molar-refractivity contribution in [3.63, 3.8) is 0 Å². The molecule has 0 saturated carbocycles. The predicted octanol–water partition coefficient (Wildman–Crippen LogP) is 5.02. The van der Waals surface area contributed by atoms with Crippen molar-refractivity contribution in [1.82, 2.24) is 0 Å². The van der Waals surface area contributed by atoms with E-state index in [9.17, 15) is 0 Å². The van der Waals surface area contributed by atoms with Crippen LogP contribution in [0.2, 0.25) is 0 Å². The Kier molecular flexibility index (Phi) is 2.92. The molecule has 0 N–H and O–H groups in total. The molecule has 1 heterocycles. The second kappa shape index (κ2) is 3.90. The summed E-state index contributed by atoms with van der Waals surface area (Å²) in [5.74, 6) is 1.36. The molecule has 2 atom stereocenters. The smallest absolute Gasteiger partial charge is 0.0940 e. The molecule has 17 heavy (non-hydrogen) atoms. The van der Waals surface area contributed by atoms with Gasteiger partial charge in [0.2, 0.25) is 0 Å². The molecule has 0 amide bonds. The maximum Gasteiger partial charge on any atom is 0.0940 e. The first kappa shape index (κ1) is 12.7. The van der Waals surface area contributed by atoms with E-state index in [0.717, 1.165) is 5.92 Å². The van der Waals surface area contributed by atoms with E-state index < -0.39 is 0 Å². The molecule has 0 spiro atoms. The van der Waals surface area contributed by atoms with E-state index in [1.807, 2.05) is 12.5 Å². The highest BCUT2D eigenvalue weighted by Gasteiger charge is 2.43. The highest BCUT2D eigenvalue weighted by molar-refractivity contribution is 5.31. The van der Waals surface area contributed by atoms with E-state index in [1.165, 1.54) is 24.0 Å². The molecule has 0 saturated heterocycles. The molecule has 96 valence electrons. The molecule has 2 rings (SSSR count).